The quantitative estimate of drug-likeness (QED) is 0.774. The minimum Gasteiger partial charge on any atom is -0.372 e. The van der Waals surface area contributed by atoms with E-state index < -0.39 is 0 Å². The summed E-state index contributed by atoms with van der Waals surface area (Å²) in [5, 5.41) is 0. The Labute approximate surface area is 113 Å². The van der Waals surface area contributed by atoms with E-state index in [0.29, 0.717) is 12.2 Å². The summed E-state index contributed by atoms with van der Waals surface area (Å²) in [6.45, 7) is 10.2. The SMILES string of the molecule is CC.CC1CN(c2ccc(Br)cc2)CC(C)O1. The van der Waals surface area contributed by atoms with Crippen molar-refractivity contribution in [1.82, 2.24) is 0 Å². The number of rotatable bonds is 1. The normalized spacial score (nSPS) is 23.9. The summed E-state index contributed by atoms with van der Waals surface area (Å²) in [6.07, 6.45) is 0.634. The van der Waals surface area contributed by atoms with E-state index in [9.17, 15) is 0 Å². The molecule has 0 aromatic heterocycles. The molecule has 0 bridgehead atoms. The van der Waals surface area contributed by atoms with Crippen LogP contribution in [0.15, 0.2) is 28.7 Å². The van der Waals surface area contributed by atoms with Gasteiger partial charge in [-0.15, -0.1) is 0 Å². The van der Waals surface area contributed by atoms with Crippen LogP contribution in [0.25, 0.3) is 0 Å². The van der Waals surface area contributed by atoms with Crippen LogP contribution >= 0.6 is 15.9 Å². The van der Waals surface area contributed by atoms with Gasteiger partial charge in [0.15, 0.2) is 0 Å². The molecule has 1 aromatic carbocycles. The van der Waals surface area contributed by atoms with Crippen LogP contribution in [0.4, 0.5) is 5.69 Å². The van der Waals surface area contributed by atoms with Crippen molar-refractivity contribution in [2.75, 3.05) is 18.0 Å². The average molecular weight is 300 g/mol. The lowest BCUT2D eigenvalue weighted by Gasteiger charge is -2.36. The summed E-state index contributed by atoms with van der Waals surface area (Å²) in [6, 6.07) is 8.46. The molecule has 0 spiro atoms. The summed E-state index contributed by atoms with van der Waals surface area (Å²) >= 11 is 3.45. The van der Waals surface area contributed by atoms with E-state index in [1.807, 2.05) is 13.8 Å². The van der Waals surface area contributed by atoms with E-state index in [4.69, 9.17) is 4.74 Å². The standard InChI is InChI=1S/C12H16BrNO.C2H6/c1-9-7-14(8-10(2)15-9)12-5-3-11(13)4-6-12;1-2/h3-6,9-10H,7-8H2,1-2H3;1-2H3. The van der Waals surface area contributed by atoms with Gasteiger partial charge in [0.1, 0.15) is 0 Å². The number of hydrogen-bond acceptors (Lipinski definition) is 2. The van der Waals surface area contributed by atoms with Crippen LogP contribution in [0.5, 0.6) is 0 Å². The summed E-state index contributed by atoms with van der Waals surface area (Å²) < 4.78 is 6.84. The maximum atomic E-state index is 5.71. The third-order valence-electron chi connectivity index (χ3n) is 2.61. The molecule has 1 heterocycles. The zero-order valence-electron chi connectivity index (χ0n) is 11.1. The van der Waals surface area contributed by atoms with E-state index in [-0.39, 0.29) is 0 Å². The third kappa shape index (κ3) is 4.32. The Morgan fingerprint density at radius 3 is 2.00 bits per heavy atom. The van der Waals surface area contributed by atoms with Crippen LogP contribution in [0.3, 0.4) is 0 Å². The van der Waals surface area contributed by atoms with Gasteiger partial charge in [-0.25, -0.2) is 0 Å². The summed E-state index contributed by atoms with van der Waals surface area (Å²) in [5.41, 5.74) is 1.28. The molecule has 2 unspecified atom stereocenters. The van der Waals surface area contributed by atoms with Crippen molar-refractivity contribution in [2.45, 2.75) is 39.9 Å². The lowest BCUT2D eigenvalue weighted by Crippen LogP contribution is -2.45. The number of anilines is 1. The number of benzene rings is 1. The van der Waals surface area contributed by atoms with Gasteiger partial charge >= 0.3 is 0 Å². The van der Waals surface area contributed by atoms with Crippen molar-refractivity contribution in [2.24, 2.45) is 0 Å². The van der Waals surface area contributed by atoms with Gasteiger partial charge in [0.2, 0.25) is 0 Å². The third-order valence-corrected chi connectivity index (χ3v) is 3.14. The second-order valence-electron chi connectivity index (χ2n) is 4.14. The highest BCUT2D eigenvalue weighted by molar-refractivity contribution is 9.10. The summed E-state index contributed by atoms with van der Waals surface area (Å²) in [5.74, 6) is 0. The number of nitrogens with zero attached hydrogens (tertiary/aromatic N) is 1. The first-order chi connectivity index (χ1) is 8.15. The van der Waals surface area contributed by atoms with E-state index in [1.165, 1.54) is 5.69 Å². The molecule has 2 atom stereocenters. The molecule has 1 aromatic rings. The molecular formula is C14H22BrNO. The van der Waals surface area contributed by atoms with Gasteiger partial charge in [0.25, 0.3) is 0 Å². The van der Waals surface area contributed by atoms with Crippen LogP contribution < -0.4 is 4.90 Å². The first-order valence-electron chi connectivity index (χ1n) is 6.31. The Morgan fingerprint density at radius 2 is 1.53 bits per heavy atom. The Balaban J connectivity index is 0.000000686. The van der Waals surface area contributed by atoms with Crippen molar-refractivity contribution in [3.63, 3.8) is 0 Å². The molecule has 1 fully saturated rings. The minimum absolute atomic E-state index is 0.317. The Morgan fingerprint density at radius 1 is 1.06 bits per heavy atom. The van der Waals surface area contributed by atoms with Gasteiger partial charge in [0.05, 0.1) is 12.2 Å². The lowest BCUT2D eigenvalue weighted by molar-refractivity contribution is -0.00521. The van der Waals surface area contributed by atoms with Crippen LogP contribution in [0, 0.1) is 0 Å². The molecule has 1 aliphatic heterocycles. The second kappa shape index (κ2) is 7.02. The van der Waals surface area contributed by atoms with Crippen molar-refractivity contribution < 1.29 is 4.74 Å². The van der Waals surface area contributed by atoms with Gasteiger partial charge in [-0.05, 0) is 38.1 Å². The summed E-state index contributed by atoms with van der Waals surface area (Å²) in [4.78, 5) is 2.38. The monoisotopic (exact) mass is 299 g/mol. The molecule has 96 valence electrons. The van der Waals surface area contributed by atoms with E-state index in [1.54, 1.807) is 0 Å². The van der Waals surface area contributed by atoms with Gasteiger partial charge < -0.3 is 9.64 Å². The zero-order chi connectivity index (χ0) is 12.8. The Bertz CT molecular complexity index is 315. The number of halogens is 1. The molecule has 0 radical (unpaired) electrons. The fourth-order valence-corrected chi connectivity index (χ4v) is 2.30. The highest BCUT2D eigenvalue weighted by Gasteiger charge is 2.21. The molecule has 1 aliphatic rings. The number of ether oxygens (including phenoxy) is 1. The highest BCUT2D eigenvalue weighted by atomic mass is 79.9. The molecule has 0 saturated carbocycles. The second-order valence-corrected chi connectivity index (χ2v) is 5.05. The van der Waals surface area contributed by atoms with Gasteiger partial charge in [-0.3, -0.25) is 0 Å². The number of hydrogen-bond donors (Lipinski definition) is 0. The topological polar surface area (TPSA) is 12.5 Å². The van der Waals surface area contributed by atoms with E-state index in [2.05, 4.69) is 58.9 Å². The minimum atomic E-state index is 0.317. The van der Waals surface area contributed by atoms with Gasteiger partial charge in [0, 0.05) is 23.2 Å². The lowest BCUT2D eigenvalue weighted by atomic mass is 10.2. The first kappa shape index (κ1) is 14.5. The molecule has 0 aliphatic carbocycles. The maximum Gasteiger partial charge on any atom is 0.0726 e. The molecular weight excluding hydrogens is 278 g/mol. The molecule has 1 saturated heterocycles. The van der Waals surface area contributed by atoms with Crippen molar-refractivity contribution in [3.05, 3.63) is 28.7 Å². The summed E-state index contributed by atoms with van der Waals surface area (Å²) in [7, 11) is 0. The van der Waals surface area contributed by atoms with Gasteiger partial charge in [-0.2, -0.15) is 0 Å². The molecule has 0 amide bonds. The predicted molar refractivity (Wildman–Crippen MR) is 77.7 cm³/mol. The molecule has 2 nitrogen and oxygen atoms in total. The Hall–Kier alpha value is -0.540. The van der Waals surface area contributed by atoms with Crippen LogP contribution in [0.1, 0.15) is 27.7 Å². The predicted octanol–water partition coefficient (Wildman–Crippen LogP) is 4.09. The van der Waals surface area contributed by atoms with Crippen LogP contribution in [-0.2, 0) is 4.74 Å². The van der Waals surface area contributed by atoms with Gasteiger partial charge in [-0.1, -0.05) is 29.8 Å². The molecule has 17 heavy (non-hydrogen) atoms. The molecule has 2 rings (SSSR count). The fraction of sp³-hybridized carbons (Fsp3) is 0.571. The maximum absolute atomic E-state index is 5.71. The highest BCUT2D eigenvalue weighted by Crippen LogP contribution is 2.22. The molecule has 0 N–H and O–H groups in total. The van der Waals surface area contributed by atoms with Crippen molar-refractivity contribution in [1.29, 1.82) is 0 Å². The Kier molecular flexibility index (Phi) is 6.00. The van der Waals surface area contributed by atoms with Crippen LogP contribution in [0.2, 0.25) is 0 Å². The fourth-order valence-electron chi connectivity index (χ4n) is 2.04. The van der Waals surface area contributed by atoms with E-state index in [0.717, 1.165) is 17.6 Å². The zero-order valence-corrected chi connectivity index (χ0v) is 12.7. The molecule has 3 heteroatoms. The first-order valence-corrected chi connectivity index (χ1v) is 7.10. The van der Waals surface area contributed by atoms with Crippen LogP contribution in [-0.4, -0.2) is 25.3 Å². The van der Waals surface area contributed by atoms with Crippen molar-refractivity contribution >= 4 is 21.6 Å². The average Bonchev–Trinajstić information content (AvgIpc) is 2.31. The van der Waals surface area contributed by atoms with Crippen molar-refractivity contribution in [3.8, 4) is 0 Å². The number of morpholine rings is 1. The largest absolute Gasteiger partial charge is 0.372 e. The smallest absolute Gasteiger partial charge is 0.0726 e. The van der Waals surface area contributed by atoms with E-state index >= 15 is 0 Å².